The number of rotatable bonds is 9. The Kier molecular flexibility index (Phi) is 8.03. The van der Waals surface area contributed by atoms with Gasteiger partial charge in [0.15, 0.2) is 0 Å². The van der Waals surface area contributed by atoms with E-state index in [2.05, 4.69) is 17.6 Å². The SMILES string of the molecule is CC[C@H](C)[C@H](CO)N1C(=O)[C@@H]2[C@@H](C(=O)NCc3ccccc3)[C@H]3CC(C)C2(S3)C1C(=O)Nc1cc(C)ccc1C. The van der Waals surface area contributed by atoms with Gasteiger partial charge in [-0.25, -0.2) is 0 Å². The molecule has 3 N–H and O–H groups in total. The standard InChI is InChI=1S/C32H41N3O4S/c1-6-19(3)24(17-36)35-28(30(38)34-23-14-18(2)12-13-20(23)4)32-21(5)15-25(40-32)26(27(32)31(35)39)29(37)33-16-22-10-8-7-9-11-22/h7-14,19,21,24-28,36H,6,15-17H2,1-5H3,(H,33,37)(H,34,38)/t19-,21?,24-,25+,26-,27-,28?,32?/m0/s1. The fourth-order valence-electron chi connectivity index (χ4n) is 7.20. The van der Waals surface area contributed by atoms with Gasteiger partial charge in [0.2, 0.25) is 17.7 Å². The number of nitrogens with one attached hydrogen (secondary N) is 2. The zero-order valence-corrected chi connectivity index (χ0v) is 24.8. The van der Waals surface area contributed by atoms with Crippen molar-refractivity contribution in [1.29, 1.82) is 0 Å². The summed E-state index contributed by atoms with van der Waals surface area (Å²) in [6.07, 6.45) is 1.52. The van der Waals surface area contributed by atoms with Crippen molar-refractivity contribution < 1.29 is 19.5 Å². The molecule has 1 spiro atoms. The number of anilines is 1. The molecule has 8 heteroatoms. The normalized spacial score (nSPS) is 30.2. The van der Waals surface area contributed by atoms with E-state index in [-0.39, 0.29) is 41.4 Å². The van der Waals surface area contributed by atoms with E-state index in [4.69, 9.17) is 0 Å². The highest BCUT2D eigenvalue weighted by Gasteiger charge is 2.76. The van der Waals surface area contributed by atoms with Crippen molar-refractivity contribution in [3.05, 3.63) is 65.2 Å². The number of benzene rings is 2. The molecule has 0 aliphatic carbocycles. The molecular formula is C32H41N3O4S. The molecule has 0 saturated carbocycles. The summed E-state index contributed by atoms with van der Waals surface area (Å²) in [6.45, 7) is 10.3. The predicted molar refractivity (Wildman–Crippen MR) is 159 cm³/mol. The summed E-state index contributed by atoms with van der Waals surface area (Å²) in [5.74, 6) is -1.64. The zero-order chi connectivity index (χ0) is 28.8. The van der Waals surface area contributed by atoms with Gasteiger partial charge in [-0.1, -0.05) is 69.7 Å². The first-order valence-corrected chi connectivity index (χ1v) is 15.3. The van der Waals surface area contributed by atoms with E-state index in [9.17, 15) is 19.5 Å². The maximum absolute atomic E-state index is 14.5. The summed E-state index contributed by atoms with van der Waals surface area (Å²) in [6, 6.07) is 14.4. The van der Waals surface area contributed by atoms with E-state index in [0.29, 0.717) is 6.54 Å². The minimum Gasteiger partial charge on any atom is -0.394 e. The summed E-state index contributed by atoms with van der Waals surface area (Å²) in [7, 11) is 0. The number of fused-ring (bicyclic) bond motifs is 1. The molecule has 3 amide bonds. The quantitative estimate of drug-likeness (QED) is 0.423. The topological polar surface area (TPSA) is 98.7 Å². The van der Waals surface area contributed by atoms with Crippen LogP contribution in [0.3, 0.4) is 0 Å². The lowest BCUT2D eigenvalue weighted by Crippen LogP contribution is -2.58. The Morgan fingerprint density at radius 2 is 1.88 bits per heavy atom. The first-order chi connectivity index (χ1) is 19.1. The van der Waals surface area contributed by atoms with Crippen LogP contribution in [0.5, 0.6) is 0 Å². The molecular weight excluding hydrogens is 522 g/mol. The molecule has 2 aromatic rings. The van der Waals surface area contributed by atoms with Crippen LogP contribution in [0.15, 0.2) is 48.5 Å². The van der Waals surface area contributed by atoms with Gasteiger partial charge in [0.05, 0.1) is 29.2 Å². The van der Waals surface area contributed by atoms with Crippen LogP contribution in [-0.2, 0) is 20.9 Å². The lowest BCUT2D eigenvalue weighted by atomic mass is 9.66. The van der Waals surface area contributed by atoms with Gasteiger partial charge in [-0.2, -0.15) is 0 Å². The van der Waals surface area contributed by atoms with Crippen molar-refractivity contribution in [3.8, 4) is 0 Å². The summed E-state index contributed by atoms with van der Waals surface area (Å²) in [4.78, 5) is 44.2. The second-order valence-corrected chi connectivity index (χ2v) is 13.5. The highest BCUT2D eigenvalue weighted by atomic mass is 32.2. The Hall–Kier alpha value is -2.84. The van der Waals surface area contributed by atoms with Gasteiger partial charge in [-0.3, -0.25) is 14.4 Å². The number of aliphatic hydroxyl groups excluding tert-OH is 1. The highest BCUT2D eigenvalue weighted by Crippen LogP contribution is 2.69. The second kappa shape index (κ2) is 11.2. The largest absolute Gasteiger partial charge is 0.394 e. The molecule has 3 unspecified atom stereocenters. The molecule has 3 heterocycles. The van der Waals surface area contributed by atoms with Crippen molar-refractivity contribution in [2.24, 2.45) is 23.7 Å². The third kappa shape index (κ3) is 4.63. The van der Waals surface area contributed by atoms with Gasteiger partial charge in [-0.15, -0.1) is 11.8 Å². The van der Waals surface area contributed by atoms with Gasteiger partial charge in [0.25, 0.3) is 0 Å². The minimum atomic E-state index is -0.784. The van der Waals surface area contributed by atoms with Gasteiger partial charge >= 0.3 is 0 Å². The molecule has 7 nitrogen and oxygen atoms in total. The first kappa shape index (κ1) is 28.7. The molecule has 3 aliphatic rings. The number of aryl methyl sites for hydroxylation is 2. The van der Waals surface area contributed by atoms with Crippen molar-refractivity contribution in [1.82, 2.24) is 10.2 Å². The molecule has 2 bridgehead atoms. The first-order valence-electron chi connectivity index (χ1n) is 14.4. The molecule has 3 saturated heterocycles. The predicted octanol–water partition coefficient (Wildman–Crippen LogP) is 4.30. The van der Waals surface area contributed by atoms with E-state index < -0.39 is 28.7 Å². The number of carbonyl (C=O) groups is 3. The highest BCUT2D eigenvalue weighted by molar-refractivity contribution is 8.02. The van der Waals surface area contributed by atoms with Crippen molar-refractivity contribution >= 4 is 35.2 Å². The fraction of sp³-hybridized carbons (Fsp3) is 0.531. The number of hydrogen-bond acceptors (Lipinski definition) is 5. The Labute approximate surface area is 241 Å². The Morgan fingerprint density at radius 3 is 2.55 bits per heavy atom. The van der Waals surface area contributed by atoms with E-state index in [0.717, 1.165) is 35.2 Å². The van der Waals surface area contributed by atoms with Crippen LogP contribution in [0.25, 0.3) is 0 Å². The molecule has 40 heavy (non-hydrogen) atoms. The molecule has 214 valence electrons. The number of nitrogens with zero attached hydrogens (tertiary/aromatic N) is 1. The van der Waals surface area contributed by atoms with Gasteiger partial charge in [0.1, 0.15) is 6.04 Å². The number of thioether (sulfide) groups is 1. The summed E-state index contributed by atoms with van der Waals surface area (Å²) >= 11 is 1.66. The zero-order valence-electron chi connectivity index (χ0n) is 24.0. The third-order valence-electron chi connectivity index (χ3n) is 9.54. The number of aliphatic hydroxyl groups is 1. The smallest absolute Gasteiger partial charge is 0.248 e. The van der Waals surface area contributed by atoms with Crippen LogP contribution < -0.4 is 10.6 Å². The molecule has 3 fully saturated rings. The van der Waals surface area contributed by atoms with Crippen LogP contribution in [0.1, 0.15) is 50.3 Å². The molecule has 0 radical (unpaired) electrons. The average molecular weight is 564 g/mol. The van der Waals surface area contributed by atoms with E-state index >= 15 is 0 Å². The Morgan fingerprint density at radius 1 is 1.15 bits per heavy atom. The van der Waals surface area contributed by atoms with Crippen LogP contribution in [0.2, 0.25) is 0 Å². The second-order valence-electron chi connectivity index (χ2n) is 11.9. The van der Waals surface area contributed by atoms with Crippen LogP contribution >= 0.6 is 11.8 Å². The lowest BCUT2D eigenvalue weighted by molar-refractivity contribution is -0.143. The molecule has 5 rings (SSSR count). The van der Waals surface area contributed by atoms with E-state index in [1.54, 1.807) is 16.7 Å². The Balaban J connectivity index is 1.53. The van der Waals surface area contributed by atoms with Crippen molar-refractivity contribution in [2.45, 2.75) is 76.1 Å². The van der Waals surface area contributed by atoms with E-state index in [1.165, 1.54) is 0 Å². The van der Waals surface area contributed by atoms with Crippen molar-refractivity contribution in [3.63, 3.8) is 0 Å². The van der Waals surface area contributed by atoms with Crippen LogP contribution in [-0.4, -0.2) is 56.4 Å². The summed E-state index contributed by atoms with van der Waals surface area (Å²) in [5, 5.41) is 16.8. The van der Waals surface area contributed by atoms with Gasteiger partial charge in [-0.05, 0) is 54.9 Å². The average Bonchev–Trinajstić information content (AvgIpc) is 3.54. The summed E-state index contributed by atoms with van der Waals surface area (Å²) < 4.78 is -0.737. The molecule has 8 atom stereocenters. The fourth-order valence-corrected chi connectivity index (χ4v) is 9.61. The summed E-state index contributed by atoms with van der Waals surface area (Å²) in [5.41, 5.74) is 3.70. The molecule has 3 aliphatic heterocycles. The Bertz CT molecular complexity index is 1290. The number of hydrogen-bond donors (Lipinski definition) is 3. The third-order valence-corrected chi connectivity index (χ3v) is 11.6. The van der Waals surface area contributed by atoms with Crippen LogP contribution in [0.4, 0.5) is 5.69 Å². The van der Waals surface area contributed by atoms with Crippen LogP contribution in [0, 0.1) is 37.5 Å². The maximum atomic E-state index is 14.5. The maximum Gasteiger partial charge on any atom is 0.248 e. The lowest BCUT2D eigenvalue weighted by Gasteiger charge is -2.41. The molecule has 2 aromatic carbocycles. The van der Waals surface area contributed by atoms with Gasteiger partial charge < -0.3 is 20.6 Å². The number of likely N-dealkylation sites (tertiary alicyclic amines) is 1. The molecule has 0 aromatic heterocycles. The minimum absolute atomic E-state index is 0.0111. The van der Waals surface area contributed by atoms with Crippen molar-refractivity contribution in [2.75, 3.05) is 11.9 Å². The number of amides is 3. The monoisotopic (exact) mass is 563 g/mol. The number of carbonyl (C=O) groups excluding carboxylic acids is 3. The van der Waals surface area contributed by atoms with Gasteiger partial charge in [0, 0.05) is 17.5 Å². The van der Waals surface area contributed by atoms with E-state index in [1.807, 2.05) is 76.2 Å².